The molecule has 4 aromatic rings. The Kier molecular flexibility index (Phi) is 5.21. The first-order valence-corrected chi connectivity index (χ1v) is 9.18. The van der Waals surface area contributed by atoms with Crippen LogP contribution in [-0.2, 0) is 0 Å². The van der Waals surface area contributed by atoms with Crippen molar-refractivity contribution in [2.24, 2.45) is 0 Å². The highest BCUT2D eigenvalue weighted by Crippen LogP contribution is 2.34. The van der Waals surface area contributed by atoms with E-state index in [4.69, 9.17) is 27.9 Å². The SMILES string of the molecule is O=C(Nc1cc(Oc2ccc(Cl)cc2Cl)cc([N+](=O)[O-])c1)c1cnn2cccnc12. The number of fused-ring (bicyclic) bond motifs is 1. The lowest BCUT2D eigenvalue weighted by atomic mass is 10.2. The van der Waals surface area contributed by atoms with E-state index in [2.05, 4.69) is 15.4 Å². The number of hydrogen-bond acceptors (Lipinski definition) is 6. The number of carbonyl (C=O) groups excluding carboxylic acids is 1. The number of nitrogens with zero attached hydrogens (tertiary/aromatic N) is 4. The van der Waals surface area contributed by atoms with Gasteiger partial charge in [-0.25, -0.2) is 9.50 Å². The second-order valence-corrected chi connectivity index (χ2v) is 6.89. The van der Waals surface area contributed by atoms with Gasteiger partial charge >= 0.3 is 0 Å². The largest absolute Gasteiger partial charge is 0.455 e. The predicted molar refractivity (Wildman–Crippen MR) is 111 cm³/mol. The fraction of sp³-hybridized carbons (Fsp3) is 0. The van der Waals surface area contributed by atoms with E-state index in [0.717, 1.165) is 0 Å². The molecule has 150 valence electrons. The highest BCUT2D eigenvalue weighted by Gasteiger charge is 2.17. The van der Waals surface area contributed by atoms with Crippen LogP contribution < -0.4 is 10.1 Å². The van der Waals surface area contributed by atoms with Crippen molar-refractivity contribution in [3.05, 3.63) is 86.8 Å². The first-order valence-electron chi connectivity index (χ1n) is 8.43. The van der Waals surface area contributed by atoms with Gasteiger partial charge in [0.2, 0.25) is 0 Å². The lowest BCUT2D eigenvalue weighted by Crippen LogP contribution is -2.12. The van der Waals surface area contributed by atoms with Crippen molar-refractivity contribution in [1.82, 2.24) is 14.6 Å². The van der Waals surface area contributed by atoms with Crippen LogP contribution in [0.25, 0.3) is 5.65 Å². The smallest absolute Gasteiger partial charge is 0.275 e. The van der Waals surface area contributed by atoms with Crippen molar-refractivity contribution in [2.75, 3.05) is 5.32 Å². The molecule has 2 aromatic carbocycles. The Morgan fingerprint density at radius 1 is 1.20 bits per heavy atom. The summed E-state index contributed by atoms with van der Waals surface area (Å²) in [6.45, 7) is 0. The average molecular weight is 444 g/mol. The van der Waals surface area contributed by atoms with E-state index >= 15 is 0 Å². The zero-order valence-electron chi connectivity index (χ0n) is 15.0. The molecule has 0 aliphatic carbocycles. The molecule has 0 radical (unpaired) electrons. The zero-order chi connectivity index (χ0) is 21.3. The standard InChI is InChI=1S/C19H11Cl2N5O4/c20-11-2-3-17(16(21)6-11)30-14-8-12(7-13(9-14)26(28)29)24-19(27)15-10-23-25-5-1-4-22-18(15)25/h1-10H,(H,24,27). The molecule has 11 heteroatoms. The number of amides is 1. The monoisotopic (exact) mass is 443 g/mol. The fourth-order valence-electron chi connectivity index (χ4n) is 2.69. The van der Waals surface area contributed by atoms with E-state index in [-0.39, 0.29) is 33.5 Å². The second-order valence-electron chi connectivity index (χ2n) is 6.05. The van der Waals surface area contributed by atoms with Crippen LogP contribution >= 0.6 is 23.2 Å². The second kappa shape index (κ2) is 7.97. The maximum atomic E-state index is 12.7. The summed E-state index contributed by atoms with van der Waals surface area (Å²) in [5.41, 5.74) is 0.450. The average Bonchev–Trinajstić information content (AvgIpc) is 3.14. The van der Waals surface area contributed by atoms with Crippen LogP contribution in [0, 0.1) is 10.1 Å². The number of aromatic nitrogens is 3. The van der Waals surface area contributed by atoms with Gasteiger partial charge in [-0.05, 0) is 24.3 Å². The van der Waals surface area contributed by atoms with E-state index in [1.54, 1.807) is 18.3 Å². The normalized spacial score (nSPS) is 10.7. The quantitative estimate of drug-likeness (QED) is 0.343. The summed E-state index contributed by atoms with van der Waals surface area (Å²) >= 11 is 12.0. The van der Waals surface area contributed by atoms with Crippen molar-refractivity contribution in [3.63, 3.8) is 0 Å². The van der Waals surface area contributed by atoms with Gasteiger partial charge in [0.05, 0.1) is 27.9 Å². The molecule has 0 bridgehead atoms. The number of anilines is 1. The molecule has 30 heavy (non-hydrogen) atoms. The van der Waals surface area contributed by atoms with E-state index in [9.17, 15) is 14.9 Å². The van der Waals surface area contributed by atoms with Crippen LogP contribution in [0.2, 0.25) is 10.0 Å². The number of ether oxygens (including phenoxy) is 1. The fourth-order valence-corrected chi connectivity index (χ4v) is 3.14. The highest BCUT2D eigenvalue weighted by molar-refractivity contribution is 6.35. The summed E-state index contributed by atoms with van der Waals surface area (Å²) in [7, 11) is 0. The molecule has 0 spiro atoms. The first-order chi connectivity index (χ1) is 14.4. The van der Waals surface area contributed by atoms with Crippen molar-refractivity contribution >= 4 is 46.1 Å². The number of benzene rings is 2. The molecule has 1 amide bonds. The van der Waals surface area contributed by atoms with Gasteiger partial charge < -0.3 is 10.1 Å². The van der Waals surface area contributed by atoms with Crippen LogP contribution in [0.15, 0.2) is 61.1 Å². The van der Waals surface area contributed by atoms with E-state index < -0.39 is 10.8 Å². The van der Waals surface area contributed by atoms with Crippen molar-refractivity contribution in [1.29, 1.82) is 0 Å². The van der Waals surface area contributed by atoms with Gasteiger partial charge in [-0.2, -0.15) is 5.10 Å². The number of carbonyl (C=O) groups is 1. The third-order valence-electron chi connectivity index (χ3n) is 4.01. The Labute approximate surface area is 179 Å². The molecule has 2 heterocycles. The lowest BCUT2D eigenvalue weighted by Gasteiger charge is -2.10. The maximum absolute atomic E-state index is 12.7. The molecule has 0 unspecified atom stereocenters. The molecule has 1 N–H and O–H groups in total. The third kappa shape index (κ3) is 4.02. The number of nitro benzene ring substituents is 1. The number of non-ortho nitro benzene ring substituents is 1. The zero-order valence-corrected chi connectivity index (χ0v) is 16.5. The summed E-state index contributed by atoms with van der Waals surface area (Å²) in [5, 5.41) is 18.6. The molecule has 0 aliphatic heterocycles. The molecule has 0 fully saturated rings. The number of hydrogen-bond donors (Lipinski definition) is 1. The molecule has 2 aromatic heterocycles. The summed E-state index contributed by atoms with van der Waals surface area (Å²) in [4.78, 5) is 27.5. The van der Waals surface area contributed by atoms with Gasteiger partial charge in [0.15, 0.2) is 5.65 Å². The third-order valence-corrected chi connectivity index (χ3v) is 4.54. The first kappa shape index (κ1) is 19.6. The molecule has 9 nitrogen and oxygen atoms in total. The van der Waals surface area contributed by atoms with Crippen molar-refractivity contribution < 1.29 is 14.5 Å². The Morgan fingerprint density at radius 3 is 2.80 bits per heavy atom. The summed E-state index contributed by atoms with van der Waals surface area (Å²) < 4.78 is 7.11. The van der Waals surface area contributed by atoms with Crippen molar-refractivity contribution in [3.8, 4) is 11.5 Å². The van der Waals surface area contributed by atoms with Crippen LogP contribution in [0.5, 0.6) is 11.5 Å². The van der Waals surface area contributed by atoms with Crippen molar-refractivity contribution in [2.45, 2.75) is 0 Å². The van der Waals surface area contributed by atoms with Crippen LogP contribution in [-0.4, -0.2) is 25.4 Å². The van der Waals surface area contributed by atoms with Gasteiger partial charge in [0.1, 0.15) is 17.1 Å². The van der Waals surface area contributed by atoms with Gasteiger partial charge in [0.25, 0.3) is 11.6 Å². The Bertz CT molecular complexity index is 1290. The number of halogens is 2. The predicted octanol–water partition coefficient (Wildman–Crippen LogP) is 4.99. The number of rotatable bonds is 5. The highest BCUT2D eigenvalue weighted by atomic mass is 35.5. The van der Waals surface area contributed by atoms with E-state index in [1.807, 2.05) is 0 Å². The summed E-state index contributed by atoms with van der Waals surface area (Å²) in [6, 6.07) is 10.1. The number of nitro groups is 1. The van der Waals surface area contributed by atoms with E-state index in [1.165, 1.54) is 47.2 Å². The minimum atomic E-state index is -0.594. The molecule has 0 saturated heterocycles. The van der Waals surface area contributed by atoms with Crippen LogP contribution in [0.1, 0.15) is 10.4 Å². The minimum Gasteiger partial charge on any atom is -0.455 e. The Balaban J connectivity index is 1.65. The topological polar surface area (TPSA) is 112 Å². The maximum Gasteiger partial charge on any atom is 0.275 e. The lowest BCUT2D eigenvalue weighted by molar-refractivity contribution is -0.384. The molecule has 0 atom stereocenters. The molecular formula is C19H11Cl2N5O4. The number of nitrogens with one attached hydrogen (secondary N) is 1. The van der Waals surface area contributed by atoms with Gasteiger partial charge in [-0.3, -0.25) is 14.9 Å². The van der Waals surface area contributed by atoms with Crippen LogP contribution in [0.4, 0.5) is 11.4 Å². The summed E-state index contributed by atoms with van der Waals surface area (Å²) in [6.07, 6.45) is 4.54. The van der Waals surface area contributed by atoms with Gasteiger partial charge in [-0.1, -0.05) is 23.2 Å². The molecule has 4 rings (SSSR count). The Morgan fingerprint density at radius 2 is 2.03 bits per heavy atom. The molecule has 0 saturated carbocycles. The van der Waals surface area contributed by atoms with E-state index in [0.29, 0.717) is 10.7 Å². The van der Waals surface area contributed by atoms with Gasteiger partial charge in [-0.15, -0.1) is 0 Å². The summed E-state index contributed by atoms with van der Waals surface area (Å²) in [5.74, 6) is -0.160. The molecular weight excluding hydrogens is 433 g/mol. The Hall–Kier alpha value is -3.69. The van der Waals surface area contributed by atoms with Gasteiger partial charge in [0, 0.05) is 29.5 Å². The van der Waals surface area contributed by atoms with Crippen LogP contribution in [0.3, 0.4) is 0 Å². The molecule has 0 aliphatic rings. The minimum absolute atomic E-state index is 0.113.